The largest absolute Gasteiger partial charge is 0.468 e. The Morgan fingerprint density at radius 2 is 2.21 bits per heavy atom. The quantitative estimate of drug-likeness (QED) is 0.545. The first-order valence-corrected chi connectivity index (χ1v) is 6.07. The van der Waals surface area contributed by atoms with Crippen LogP contribution in [-0.4, -0.2) is 73.3 Å². The molecule has 0 radical (unpaired) electrons. The number of amides is 1. The molecule has 104 valence electrons. The van der Waals surface area contributed by atoms with E-state index in [1.54, 1.807) is 0 Å². The number of hydroxylamine groups is 2. The van der Waals surface area contributed by atoms with E-state index < -0.39 is 23.9 Å². The summed E-state index contributed by atoms with van der Waals surface area (Å²) in [5.41, 5.74) is 0. The van der Waals surface area contributed by atoms with Gasteiger partial charge in [-0.15, -0.1) is 0 Å². The molecular formula is C11H14N2O6. The van der Waals surface area contributed by atoms with Crippen molar-refractivity contribution < 1.29 is 28.7 Å². The monoisotopic (exact) mass is 270 g/mol. The second-order valence-corrected chi connectivity index (χ2v) is 4.72. The number of methoxy groups -OCH3 is 1. The van der Waals surface area contributed by atoms with Crippen molar-refractivity contribution in [3.05, 3.63) is 0 Å². The molecule has 0 aliphatic carbocycles. The fraction of sp³-hybridized carbons (Fsp3) is 0.727. The van der Waals surface area contributed by atoms with Gasteiger partial charge < -0.3 is 14.4 Å². The second kappa shape index (κ2) is 4.46. The zero-order chi connectivity index (χ0) is 13.6. The number of esters is 2. The van der Waals surface area contributed by atoms with Gasteiger partial charge in [-0.3, -0.25) is 19.2 Å². The van der Waals surface area contributed by atoms with Crippen LogP contribution in [0.3, 0.4) is 0 Å². The van der Waals surface area contributed by atoms with E-state index >= 15 is 0 Å². The first kappa shape index (κ1) is 12.4. The third kappa shape index (κ3) is 1.87. The van der Waals surface area contributed by atoms with E-state index in [1.807, 2.05) is 0 Å². The van der Waals surface area contributed by atoms with Crippen molar-refractivity contribution in [2.24, 2.45) is 5.92 Å². The molecule has 0 aromatic rings. The van der Waals surface area contributed by atoms with Crippen molar-refractivity contribution in [3.8, 4) is 0 Å². The van der Waals surface area contributed by atoms with E-state index in [4.69, 9.17) is 9.57 Å². The first-order chi connectivity index (χ1) is 9.11. The molecule has 3 saturated heterocycles. The van der Waals surface area contributed by atoms with Gasteiger partial charge >= 0.3 is 11.9 Å². The molecule has 3 atom stereocenters. The number of rotatable bonds is 2. The topological polar surface area (TPSA) is 85.4 Å². The minimum Gasteiger partial charge on any atom is -0.468 e. The van der Waals surface area contributed by atoms with Crippen molar-refractivity contribution in [2.75, 3.05) is 33.4 Å². The van der Waals surface area contributed by atoms with E-state index in [0.29, 0.717) is 13.1 Å². The molecule has 0 saturated carbocycles. The van der Waals surface area contributed by atoms with Crippen molar-refractivity contribution >= 4 is 17.8 Å². The van der Waals surface area contributed by atoms with Crippen LogP contribution in [0.25, 0.3) is 0 Å². The maximum Gasteiger partial charge on any atom is 0.325 e. The molecule has 8 heteroatoms. The van der Waals surface area contributed by atoms with Crippen LogP contribution in [0.5, 0.6) is 0 Å². The van der Waals surface area contributed by atoms with Gasteiger partial charge in [0.25, 0.3) is 0 Å². The predicted octanol–water partition coefficient (Wildman–Crippen LogP) is -1.84. The molecule has 3 rings (SSSR count). The summed E-state index contributed by atoms with van der Waals surface area (Å²) in [6, 6.07) is -0.682. The zero-order valence-electron chi connectivity index (χ0n) is 10.4. The van der Waals surface area contributed by atoms with Gasteiger partial charge in [0.15, 0.2) is 0 Å². The number of piperazine rings is 1. The molecule has 3 heterocycles. The normalized spacial score (nSPS) is 33.9. The maximum absolute atomic E-state index is 12.3. The van der Waals surface area contributed by atoms with Gasteiger partial charge in [0.2, 0.25) is 5.91 Å². The van der Waals surface area contributed by atoms with Crippen LogP contribution in [0.1, 0.15) is 0 Å². The van der Waals surface area contributed by atoms with Gasteiger partial charge in [0.1, 0.15) is 31.2 Å². The Labute approximate surface area is 109 Å². The maximum atomic E-state index is 12.3. The van der Waals surface area contributed by atoms with Gasteiger partial charge in [0.05, 0.1) is 7.11 Å². The van der Waals surface area contributed by atoms with Crippen molar-refractivity contribution in [3.63, 3.8) is 0 Å². The fourth-order valence-electron chi connectivity index (χ4n) is 2.73. The molecule has 19 heavy (non-hydrogen) atoms. The number of hydrogen-bond donors (Lipinski definition) is 0. The second-order valence-electron chi connectivity index (χ2n) is 4.72. The van der Waals surface area contributed by atoms with Crippen LogP contribution in [0.2, 0.25) is 0 Å². The number of ether oxygens (including phenoxy) is 2. The SMILES string of the molecule is COC(=O)CN1CCN2O[C@H]3COC(=O)[C@H]3[C@H]2C1=O. The molecule has 3 aliphatic rings. The summed E-state index contributed by atoms with van der Waals surface area (Å²) in [6.07, 6.45) is -0.389. The Morgan fingerprint density at radius 3 is 2.95 bits per heavy atom. The lowest BCUT2D eigenvalue weighted by molar-refractivity contribution is -0.196. The highest BCUT2D eigenvalue weighted by molar-refractivity contribution is 5.92. The molecule has 3 aliphatic heterocycles. The minimum absolute atomic E-state index is 0.105. The molecule has 1 amide bonds. The average molecular weight is 270 g/mol. The van der Waals surface area contributed by atoms with E-state index in [9.17, 15) is 14.4 Å². The van der Waals surface area contributed by atoms with Crippen LogP contribution in [0.15, 0.2) is 0 Å². The van der Waals surface area contributed by atoms with Crippen LogP contribution in [0, 0.1) is 5.92 Å². The average Bonchev–Trinajstić information content (AvgIpc) is 2.93. The molecule has 8 nitrogen and oxygen atoms in total. The van der Waals surface area contributed by atoms with Gasteiger partial charge in [-0.05, 0) is 0 Å². The summed E-state index contributed by atoms with van der Waals surface area (Å²) >= 11 is 0. The lowest BCUT2D eigenvalue weighted by Gasteiger charge is -2.35. The van der Waals surface area contributed by atoms with Crippen LogP contribution in [0.4, 0.5) is 0 Å². The van der Waals surface area contributed by atoms with Gasteiger partial charge in [-0.1, -0.05) is 0 Å². The van der Waals surface area contributed by atoms with Gasteiger partial charge in [-0.25, -0.2) is 0 Å². The molecule has 3 fully saturated rings. The van der Waals surface area contributed by atoms with Crippen LogP contribution >= 0.6 is 0 Å². The van der Waals surface area contributed by atoms with Crippen molar-refractivity contribution in [1.29, 1.82) is 0 Å². The van der Waals surface area contributed by atoms with Gasteiger partial charge in [-0.2, -0.15) is 5.06 Å². The third-order valence-corrected chi connectivity index (χ3v) is 3.69. The number of cyclic esters (lactones) is 1. The summed E-state index contributed by atoms with van der Waals surface area (Å²) in [5, 5.41) is 1.53. The Hall–Kier alpha value is -1.67. The van der Waals surface area contributed by atoms with E-state index in [2.05, 4.69) is 4.74 Å². The molecular weight excluding hydrogens is 256 g/mol. The summed E-state index contributed by atoms with van der Waals surface area (Å²) < 4.78 is 9.45. The zero-order valence-corrected chi connectivity index (χ0v) is 10.4. The van der Waals surface area contributed by atoms with Crippen LogP contribution in [-0.2, 0) is 28.7 Å². The Bertz CT molecular complexity index is 439. The highest BCUT2D eigenvalue weighted by Crippen LogP contribution is 2.35. The summed E-state index contributed by atoms with van der Waals surface area (Å²) in [7, 11) is 1.27. The molecule has 0 aromatic heterocycles. The molecule has 0 unspecified atom stereocenters. The number of fused-ring (bicyclic) bond motifs is 3. The summed E-state index contributed by atoms with van der Waals surface area (Å²) in [6.45, 7) is 0.916. The number of nitrogens with zero attached hydrogens (tertiary/aromatic N) is 2. The number of hydrogen-bond acceptors (Lipinski definition) is 7. The highest BCUT2D eigenvalue weighted by atomic mass is 16.7. The lowest BCUT2D eigenvalue weighted by Crippen LogP contribution is -2.57. The number of carbonyl (C=O) groups is 3. The molecule has 0 N–H and O–H groups in total. The van der Waals surface area contributed by atoms with E-state index in [-0.39, 0.29) is 25.2 Å². The molecule has 0 bridgehead atoms. The third-order valence-electron chi connectivity index (χ3n) is 3.69. The molecule has 0 aromatic carbocycles. The highest BCUT2D eigenvalue weighted by Gasteiger charge is 2.58. The lowest BCUT2D eigenvalue weighted by atomic mass is 9.95. The minimum atomic E-state index is -0.682. The number of carbonyl (C=O) groups excluding carboxylic acids is 3. The van der Waals surface area contributed by atoms with Crippen molar-refractivity contribution in [2.45, 2.75) is 12.1 Å². The van der Waals surface area contributed by atoms with Gasteiger partial charge in [0, 0.05) is 13.1 Å². The smallest absolute Gasteiger partial charge is 0.325 e. The summed E-state index contributed by atoms with van der Waals surface area (Å²) in [4.78, 5) is 42.2. The Kier molecular flexibility index (Phi) is 2.90. The van der Waals surface area contributed by atoms with Crippen molar-refractivity contribution in [1.82, 2.24) is 9.96 Å². The van der Waals surface area contributed by atoms with Crippen LogP contribution < -0.4 is 0 Å². The summed E-state index contributed by atoms with van der Waals surface area (Å²) in [5.74, 6) is -1.77. The van der Waals surface area contributed by atoms with E-state index in [0.717, 1.165) is 0 Å². The Morgan fingerprint density at radius 1 is 1.42 bits per heavy atom. The standard InChI is InChI=1S/C11H14N2O6/c1-17-7(14)4-12-2-3-13-9(10(12)15)8-6(19-13)5-18-11(8)16/h6,8-9H,2-5H2,1H3/t6-,8+,9-/m0/s1. The Balaban J connectivity index is 1.77. The van der Waals surface area contributed by atoms with E-state index in [1.165, 1.54) is 17.1 Å². The predicted molar refractivity (Wildman–Crippen MR) is 58.4 cm³/mol. The first-order valence-electron chi connectivity index (χ1n) is 6.07. The molecule has 0 spiro atoms. The fourth-order valence-corrected chi connectivity index (χ4v) is 2.73.